The lowest BCUT2D eigenvalue weighted by Crippen LogP contribution is -2.41. The van der Waals surface area contributed by atoms with E-state index in [0.717, 1.165) is 18.6 Å². The molecular formula is C13H16N2O2. The Kier molecular flexibility index (Phi) is 2.93. The van der Waals surface area contributed by atoms with E-state index in [4.69, 9.17) is 9.68 Å². The maximum absolute atomic E-state index is 12.1. The first-order chi connectivity index (χ1) is 8.04. The lowest BCUT2D eigenvalue weighted by Gasteiger charge is -2.34. The average Bonchev–Trinajstić information content (AvgIpc) is 2.76. The third-order valence-corrected chi connectivity index (χ3v) is 3.38. The zero-order valence-electron chi connectivity index (χ0n) is 10.2. The fourth-order valence-corrected chi connectivity index (χ4v) is 2.02. The van der Waals surface area contributed by atoms with E-state index in [2.05, 4.69) is 6.07 Å². The van der Waals surface area contributed by atoms with Gasteiger partial charge >= 0.3 is 0 Å². The maximum atomic E-state index is 12.1. The van der Waals surface area contributed by atoms with Crippen molar-refractivity contribution in [3.63, 3.8) is 0 Å². The first kappa shape index (κ1) is 11.7. The fraction of sp³-hybridized carbons (Fsp3) is 0.538. The van der Waals surface area contributed by atoms with Gasteiger partial charge in [0.1, 0.15) is 5.76 Å². The molecule has 1 amide bonds. The molecule has 1 aliphatic heterocycles. The second-order valence-corrected chi connectivity index (χ2v) is 4.87. The van der Waals surface area contributed by atoms with Crippen LogP contribution < -0.4 is 0 Å². The highest BCUT2D eigenvalue weighted by molar-refractivity contribution is 5.91. The topological polar surface area (TPSA) is 57.2 Å². The number of aryl methyl sites for hydroxylation is 1. The predicted molar refractivity (Wildman–Crippen MR) is 62.3 cm³/mol. The molecule has 17 heavy (non-hydrogen) atoms. The minimum absolute atomic E-state index is 0.0712. The monoisotopic (exact) mass is 232 g/mol. The Morgan fingerprint density at radius 2 is 2.12 bits per heavy atom. The molecule has 90 valence electrons. The van der Waals surface area contributed by atoms with Crippen LogP contribution in [0.4, 0.5) is 0 Å². The molecule has 0 atom stereocenters. The van der Waals surface area contributed by atoms with Crippen LogP contribution in [0.3, 0.4) is 0 Å². The van der Waals surface area contributed by atoms with E-state index in [9.17, 15) is 4.79 Å². The molecule has 1 aliphatic rings. The number of likely N-dealkylation sites (tertiary alicyclic amines) is 1. The summed E-state index contributed by atoms with van der Waals surface area (Å²) in [6, 6.07) is 5.81. The fourth-order valence-electron chi connectivity index (χ4n) is 2.02. The van der Waals surface area contributed by atoms with Gasteiger partial charge in [0.15, 0.2) is 5.76 Å². The zero-order chi connectivity index (χ0) is 12.5. The van der Waals surface area contributed by atoms with Gasteiger partial charge < -0.3 is 9.32 Å². The highest BCUT2D eigenvalue weighted by Gasteiger charge is 2.32. The SMILES string of the molecule is Cc1ccc(C(=O)N2CCC(C)(C#N)CC2)o1. The summed E-state index contributed by atoms with van der Waals surface area (Å²) < 4.78 is 5.32. The number of rotatable bonds is 1. The molecule has 1 aromatic heterocycles. The quantitative estimate of drug-likeness (QED) is 0.746. The summed E-state index contributed by atoms with van der Waals surface area (Å²) >= 11 is 0. The van der Waals surface area contributed by atoms with Crippen molar-refractivity contribution in [1.82, 2.24) is 4.90 Å². The van der Waals surface area contributed by atoms with Gasteiger partial charge in [0.25, 0.3) is 5.91 Å². The van der Waals surface area contributed by atoms with Gasteiger partial charge in [0.05, 0.1) is 11.5 Å². The maximum Gasteiger partial charge on any atom is 0.289 e. The van der Waals surface area contributed by atoms with Gasteiger partial charge in [0, 0.05) is 13.1 Å². The Morgan fingerprint density at radius 1 is 1.47 bits per heavy atom. The summed E-state index contributed by atoms with van der Waals surface area (Å²) in [4.78, 5) is 13.8. The molecule has 2 heterocycles. The summed E-state index contributed by atoms with van der Waals surface area (Å²) in [7, 11) is 0. The van der Waals surface area contributed by atoms with Crippen molar-refractivity contribution in [1.29, 1.82) is 5.26 Å². The molecule has 1 saturated heterocycles. The Hall–Kier alpha value is -1.76. The highest BCUT2D eigenvalue weighted by Crippen LogP contribution is 2.30. The number of carbonyl (C=O) groups excluding carboxylic acids is 1. The van der Waals surface area contributed by atoms with E-state index in [0.29, 0.717) is 18.8 Å². The minimum Gasteiger partial charge on any atom is -0.456 e. The van der Waals surface area contributed by atoms with Crippen molar-refractivity contribution in [2.45, 2.75) is 26.7 Å². The predicted octanol–water partition coefficient (Wildman–Crippen LogP) is 2.35. The Bertz CT molecular complexity index is 462. The average molecular weight is 232 g/mol. The molecule has 0 bridgehead atoms. The molecule has 0 N–H and O–H groups in total. The van der Waals surface area contributed by atoms with E-state index in [1.54, 1.807) is 17.0 Å². The van der Waals surface area contributed by atoms with Gasteiger partial charge in [-0.2, -0.15) is 5.26 Å². The van der Waals surface area contributed by atoms with Crippen LogP contribution in [0.15, 0.2) is 16.5 Å². The number of amides is 1. The third-order valence-electron chi connectivity index (χ3n) is 3.38. The van der Waals surface area contributed by atoms with Crippen LogP contribution in [-0.2, 0) is 0 Å². The standard InChI is InChI=1S/C13H16N2O2/c1-10-3-4-11(17-10)12(16)15-7-5-13(2,9-14)6-8-15/h3-4H,5-8H2,1-2H3. The van der Waals surface area contributed by atoms with Crippen LogP contribution >= 0.6 is 0 Å². The molecule has 4 nitrogen and oxygen atoms in total. The van der Waals surface area contributed by atoms with Crippen molar-refractivity contribution in [2.75, 3.05) is 13.1 Å². The molecular weight excluding hydrogens is 216 g/mol. The third kappa shape index (κ3) is 2.33. The first-order valence-electron chi connectivity index (χ1n) is 5.81. The van der Waals surface area contributed by atoms with Crippen molar-refractivity contribution < 1.29 is 9.21 Å². The van der Waals surface area contributed by atoms with Crippen LogP contribution in [0.25, 0.3) is 0 Å². The minimum atomic E-state index is -0.282. The van der Waals surface area contributed by atoms with Gasteiger partial charge in [0.2, 0.25) is 0 Å². The molecule has 0 aromatic carbocycles. The molecule has 0 unspecified atom stereocenters. The normalized spacial score (nSPS) is 18.8. The lowest BCUT2D eigenvalue weighted by molar-refractivity contribution is 0.0628. The molecule has 0 saturated carbocycles. The van der Waals surface area contributed by atoms with E-state index in [1.165, 1.54) is 0 Å². The Morgan fingerprint density at radius 3 is 2.59 bits per heavy atom. The van der Waals surface area contributed by atoms with Gasteiger partial charge in [-0.25, -0.2) is 0 Å². The summed E-state index contributed by atoms with van der Waals surface area (Å²) in [5, 5.41) is 9.02. The second kappa shape index (κ2) is 4.25. The number of piperidine rings is 1. The van der Waals surface area contributed by atoms with Gasteiger partial charge in [-0.05, 0) is 38.8 Å². The molecule has 0 radical (unpaired) electrons. The summed E-state index contributed by atoms with van der Waals surface area (Å²) in [5.74, 6) is 1.06. The summed E-state index contributed by atoms with van der Waals surface area (Å²) in [6.07, 6.45) is 1.46. The van der Waals surface area contributed by atoms with E-state index in [-0.39, 0.29) is 11.3 Å². The van der Waals surface area contributed by atoms with Gasteiger partial charge in [-0.3, -0.25) is 4.79 Å². The molecule has 4 heteroatoms. The Balaban J connectivity index is 2.02. The van der Waals surface area contributed by atoms with Crippen LogP contribution in [0.2, 0.25) is 0 Å². The van der Waals surface area contributed by atoms with Crippen molar-refractivity contribution in [3.05, 3.63) is 23.7 Å². The van der Waals surface area contributed by atoms with Crippen molar-refractivity contribution in [3.8, 4) is 6.07 Å². The van der Waals surface area contributed by atoms with E-state index in [1.807, 2.05) is 13.8 Å². The number of nitrogens with zero attached hydrogens (tertiary/aromatic N) is 2. The lowest BCUT2D eigenvalue weighted by atomic mass is 9.82. The van der Waals surface area contributed by atoms with Crippen molar-refractivity contribution in [2.24, 2.45) is 5.41 Å². The first-order valence-corrected chi connectivity index (χ1v) is 5.81. The van der Waals surface area contributed by atoms with Gasteiger partial charge in [-0.1, -0.05) is 0 Å². The highest BCUT2D eigenvalue weighted by atomic mass is 16.3. The van der Waals surface area contributed by atoms with Gasteiger partial charge in [-0.15, -0.1) is 0 Å². The molecule has 0 spiro atoms. The summed E-state index contributed by atoms with van der Waals surface area (Å²) in [5.41, 5.74) is -0.282. The number of hydrogen-bond donors (Lipinski definition) is 0. The molecule has 1 fully saturated rings. The molecule has 1 aromatic rings. The van der Waals surface area contributed by atoms with E-state index >= 15 is 0 Å². The van der Waals surface area contributed by atoms with Crippen molar-refractivity contribution >= 4 is 5.91 Å². The summed E-state index contributed by atoms with van der Waals surface area (Å²) in [6.45, 7) is 5.02. The second-order valence-electron chi connectivity index (χ2n) is 4.87. The molecule has 0 aliphatic carbocycles. The smallest absolute Gasteiger partial charge is 0.289 e. The zero-order valence-corrected chi connectivity index (χ0v) is 10.2. The van der Waals surface area contributed by atoms with E-state index < -0.39 is 0 Å². The largest absolute Gasteiger partial charge is 0.456 e. The van der Waals surface area contributed by atoms with Crippen LogP contribution in [0.5, 0.6) is 0 Å². The van der Waals surface area contributed by atoms with Crippen LogP contribution in [0.1, 0.15) is 36.1 Å². The Labute approximate surface area is 101 Å². The molecule has 2 rings (SSSR count). The van der Waals surface area contributed by atoms with Crippen LogP contribution in [-0.4, -0.2) is 23.9 Å². The number of furan rings is 1. The van der Waals surface area contributed by atoms with Crippen LogP contribution in [0, 0.1) is 23.7 Å². The number of hydrogen-bond acceptors (Lipinski definition) is 3. The number of nitriles is 1. The number of carbonyl (C=O) groups is 1.